The van der Waals surface area contributed by atoms with Gasteiger partial charge in [0.05, 0.1) is 0 Å². The number of nitrogens with zero attached hydrogens (tertiary/aromatic N) is 1. The Kier molecular flexibility index (Phi) is 5.62. The van der Waals surface area contributed by atoms with E-state index in [2.05, 4.69) is 68.2 Å². The van der Waals surface area contributed by atoms with Crippen LogP contribution in [-0.2, 0) is 0 Å². The zero-order chi connectivity index (χ0) is 14.5. The summed E-state index contributed by atoms with van der Waals surface area (Å²) in [6.45, 7) is 12.8. The van der Waals surface area contributed by atoms with Crippen LogP contribution in [0.15, 0.2) is 30.3 Å². The summed E-state index contributed by atoms with van der Waals surface area (Å²) in [5.41, 5.74) is 1.46. The second kappa shape index (κ2) is 7.24. The van der Waals surface area contributed by atoms with E-state index in [1.807, 2.05) is 0 Å². The van der Waals surface area contributed by atoms with Crippen molar-refractivity contribution in [1.29, 1.82) is 0 Å². The van der Waals surface area contributed by atoms with E-state index in [4.69, 9.17) is 0 Å². The Morgan fingerprint density at radius 3 is 2.60 bits per heavy atom. The number of rotatable bonds is 5. The van der Waals surface area contributed by atoms with Crippen molar-refractivity contribution in [1.82, 2.24) is 10.2 Å². The van der Waals surface area contributed by atoms with E-state index in [-0.39, 0.29) is 0 Å². The maximum Gasteiger partial charge on any atom is 0.0221 e. The minimum absolute atomic E-state index is 0.606. The van der Waals surface area contributed by atoms with Gasteiger partial charge < -0.3 is 5.32 Å². The molecule has 0 aliphatic carbocycles. The van der Waals surface area contributed by atoms with Crippen LogP contribution in [0.5, 0.6) is 0 Å². The Hall–Kier alpha value is -0.860. The smallest absolute Gasteiger partial charge is 0.0221 e. The Bertz CT molecular complexity index is 390. The molecule has 2 nitrogen and oxygen atoms in total. The van der Waals surface area contributed by atoms with Crippen LogP contribution < -0.4 is 5.32 Å². The molecular weight excluding hydrogens is 244 g/mol. The largest absolute Gasteiger partial charge is 0.311 e. The average molecular weight is 274 g/mol. The molecule has 0 spiro atoms. The van der Waals surface area contributed by atoms with Crippen LogP contribution in [0.4, 0.5) is 0 Å². The Labute approximate surface area is 124 Å². The van der Waals surface area contributed by atoms with Gasteiger partial charge in [-0.05, 0) is 24.3 Å². The molecule has 0 aromatic heterocycles. The van der Waals surface area contributed by atoms with Crippen LogP contribution in [-0.4, -0.2) is 36.6 Å². The molecule has 4 unspecified atom stereocenters. The molecule has 1 aliphatic heterocycles. The Balaban J connectivity index is 1.96. The molecule has 1 saturated heterocycles. The Morgan fingerprint density at radius 1 is 1.25 bits per heavy atom. The van der Waals surface area contributed by atoms with Crippen molar-refractivity contribution in [2.24, 2.45) is 5.92 Å². The highest BCUT2D eigenvalue weighted by Crippen LogP contribution is 2.21. The van der Waals surface area contributed by atoms with E-state index in [1.54, 1.807) is 0 Å². The van der Waals surface area contributed by atoms with Gasteiger partial charge in [-0.2, -0.15) is 0 Å². The lowest BCUT2D eigenvalue weighted by molar-refractivity contribution is 0.113. The molecule has 0 bridgehead atoms. The fourth-order valence-corrected chi connectivity index (χ4v) is 3.11. The predicted octanol–water partition coefficient (Wildman–Crippen LogP) is 3.50. The minimum Gasteiger partial charge on any atom is -0.311 e. The monoisotopic (exact) mass is 274 g/mol. The third kappa shape index (κ3) is 3.83. The number of benzene rings is 1. The molecule has 0 saturated carbocycles. The van der Waals surface area contributed by atoms with Crippen molar-refractivity contribution >= 4 is 0 Å². The van der Waals surface area contributed by atoms with Crippen LogP contribution in [0, 0.1) is 5.92 Å². The molecule has 20 heavy (non-hydrogen) atoms. The first-order valence-corrected chi connectivity index (χ1v) is 8.14. The molecule has 1 aromatic carbocycles. The van der Waals surface area contributed by atoms with Gasteiger partial charge >= 0.3 is 0 Å². The van der Waals surface area contributed by atoms with Gasteiger partial charge in [0.1, 0.15) is 0 Å². The SMILES string of the molecule is CCC(C)C1CN(CC(C)c2ccccc2)C(C)CN1. The average Bonchev–Trinajstić information content (AvgIpc) is 2.49. The topological polar surface area (TPSA) is 15.3 Å². The lowest BCUT2D eigenvalue weighted by Gasteiger charge is -2.42. The van der Waals surface area contributed by atoms with Crippen molar-refractivity contribution in [3.63, 3.8) is 0 Å². The van der Waals surface area contributed by atoms with Gasteiger partial charge in [0, 0.05) is 31.7 Å². The van der Waals surface area contributed by atoms with Crippen molar-refractivity contribution in [3.05, 3.63) is 35.9 Å². The molecule has 1 N–H and O–H groups in total. The molecule has 0 radical (unpaired) electrons. The molecule has 2 heteroatoms. The maximum atomic E-state index is 3.72. The lowest BCUT2D eigenvalue weighted by atomic mass is 9.94. The second-order valence-electron chi connectivity index (χ2n) is 6.51. The first-order chi connectivity index (χ1) is 9.61. The predicted molar refractivity (Wildman–Crippen MR) is 87.1 cm³/mol. The summed E-state index contributed by atoms with van der Waals surface area (Å²) in [5, 5.41) is 3.72. The highest BCUT2D eigenvalue weighted by Gasteiger charge is 2.28. The zero-order valence-corrected chi connectivity index (χ0v) is 13.5. The molecule has 112 valence electrons. The van der Waals surface area contributed by atoms with Crippen LogP contribution in [0.25, 0.3) is 0 Å². The molecule has 1 fully saturated rings. The third-order valence-electron chi connectivity index (χ3n) is 4.94. The summed E-state index contributed by atoms with van der Waals surface area (Å²) < 4.78 is 0. The summed E-state index contributed by atoms with van der Waals surface area (Å²) in [6, 6.07) is 12.2. The summed E-state index contributed by atoms with van der Waals surface area (Å²) in [6.07, 6.45) is 1.26. The number of hydrogen-bond donors (Lipinski definition) is 1. The van der Waals surface area contributed by atoms with E-state index >= 15 is 0 Å². The van der Waals surface area contributed by atoms with E-state index in [1.165, 1.54) is 25.1 Å². The zero-order valence-electron chi connectivity index (χ0n) is 13.5. The van der Waals surface area contributed by atoms with Crippen LogP contribution >= 0.6 is 0 Å². The number of hydrogen-bond acceptors (Lipinski definition) is 2. The second-order valence-corrected chi connectivity index (χ2v) is 6.51. The number of piperazine rings is 1. The normalized spacial score (nSPS) is 27.2. The quantitative estimate of drug-likeness (QED) is 0.884. The Morgan fingerprint density at radius 2 is 1.95 bits per heavy atom. The van der Waals surface area contributed by atoms with Gasteiger partial charge in [0.15, 0.2) is 0 Å². The lowest BCUT2D eigenvalue weighted by Crippen LogP contribution is -2.57. The maximum absolute atomic E-state index is 3.72. The van der Waals surface area contributed by atoms with E-state index in [0.717, 1.165) is 12.5 Å². The number of nitrogens with one attached hydrogen (secondary N) is 1. The van der Waals surface area contributed by atoms with Gasteiger partial charge in [-0.3, -0.25) is 4.90 Å². The van der Waals surface area contributed by atoms with Crippen molar-refractivity contribution in [3.8, 4) is 0 Å². The van der Waals surface area contributed by atoms with E-state index < -0.39 is 0 Å². The summed E-state index contributed by atoms with van der Waals surface area (Å²) >= 11 is 0. The fraction of sp³-hybridized carbons (Fsp3) is 0.667. The highest BCUT2D eigenvalue weighted by atomic mass is 15.2. The van der Waals surface area contributed by atoms with Crippen molar-refractivity contribution in [2.75, 3.05) is 19.6 Å². The van der Waals surface area contributed by atoms with Crippen LogP contribution in [0.3, 0.4) is 0 Å². The van der Waals surface area contributed by atoms with E-state index in [0.29, 0.717) is 18.0 Å². The van der Waals surface area contributed by atoms with Gasteiger partial charge in [0.25, 0.3) is 0 Å². The van der Waals surface area contributed by atoms with Gasteiger partial charge in [-0.15, -0.1) is 0 Å². The van der Waals surface area contributed by atoms with Crippen molar-refractivity contribution < 1.29 is 0 Å². The van der Waals surface area contributed by atoms with Gasteiger partial charge in [0.2, 0.25) is 0 Å². The molecule has 2 rings (SSSR count). The molecular formula is C18H30N2. The summed E-state index contributed by atoms with van der Waals surface area (Å²) in [7, 11) is 0. The van der Waals surface area contributed by atoms with Gasteiger partial charge in [-0.1, -0.05) is 57.5 Å². The molecule has 1 heterocycles. The minimum atomic E-state index is 0.606. The highest BCUT2D eigenvalue weighted by molar-refractivity contribution is 5.19. The molecule has 1 aliphatic rings. The third-order valence-corrected chi connectivity index (χ3v) is 4.94. The molecule has 1 aromatic rings. The van der Waals surface area contributed by atoms with Crippen LogP contribution in [0.2, 0.25) is 0 Å². The molecule has 0 amide bonds. The summed E-state index contributed by atoms with van der Waals surface area (Å²) in [5.74, 6) is 1.37. The molecule has 4 atom stereocenters. The standard InChI is InChI=1S/C18H30N2/c1-5-14(2)18-13-20(16(4)11-19-18)12-15(3)17-9-7-6-8-10-17/h6-10,14-16,18-19H,5,11-13H2,1-4H3. The fourth-order valence-electron chi connectivity index (χ4n) is 3.11. The van der Waals surface area contributed by atoms with Crippen LogP contribution in [0.1, 0.15) is 45.6 Å². The first kappa shape index (κ1) is 15.5. The first-order valence-electron chi connectivity index (χ1n) is 8.14. The van der Waals surface area contributed by atoms with Crippen molar-refractivity contribution in [2.45, 2.75) is 52.1 Å². The summed E-state index contributed by atoms with van der Waals surface area (Å²) in [4.78, 5) is 2.67. The van der Waals surface area contributed by atoms with Gasteiger partial charge in [-0.25, -0.2) is 0 Å². The van der Waals surface area contributed by atoms with E-state index in [9.17, 15) is 0 Å².